The van der Waals surface area contributed by atoms with E-state index in [4.69, 9.17) is 14.6 Å². The standard InChI is InChI=1S/C26H35N3O5S2/c1-33-21-11-13-22(14-12-21)34-16-18-7-9-20(10-8-18)29(19-5-3-2-4-6-19)26(32)28-25-27-15-24(36-25)35-17-23(30)31/h11-15,18-20H,2-10,16-17H2,1H3,(H,30,31)(H,27,28,32). The number of carboxylic acids is 1. The molecular weight excluding hydrogens is 498 g/mol. The molecule has 8 nitrogen and oxygen atoms in total. The maximum absolute atomic E-state index is 13.5. The van der Waals surface area contributed by atoms with E-state index in [1.807, 2.05) is 24.3 Å². The molecule has 196 valence electrons. The van der Waals surface area contributed by atoms with Crippen LogP contribution in [-0.2, 0) is 4.79 Å². The number of amides is 2. The van der Waals surface area contributed by atoms with Crippen molar-refractivity contribution >= 4 is 40.2 Å². The molecule has 36 heavy (non-hydrogen) atoms. The number of nitrogens with zero attached hydrogens (tertiary/aromatic N) is 2. The Morgan fingerprint density at radius 3 is 2.39 bits per heavy atom. The molecule has 10 heteroatoms. The largest absolute Gasteiger partial charge is 0.497 e. The van der Waals surface area contributed by atoms with Crippen LogP contribution in [0.5, 0.6) is 11.5 Å². The van der Waals surface area contributed by atoms with Gasteiger partial charge in [0, 0.05) is 12.1 Å². The van der Waals surface area contributed by atoms with Crippen molar-refractivity contribution in [3.63, 3.8) is 0 Å². The molecule has 0 bridgehead atoms. The number of aromatic nitrogens is 1. The lowest BCUT2D eigenvalue weighted by Crippen LogP contribution is -2.51. The number of carbonyl (C=O) groups excluding carboxylic acids is 1. The molecule has 2 amide bonds. The van der Waals surface area contributed by atoms with Gasteiger partial charge in [-0.3, -0.25) is 10.1 Å². The third kappa shape index (κ3) is 7.52. The Bertz CT molecular complexity index is 986. The lowest BCUT2D eigenvalue weighted by atomic mass is 9.84. The van der Waals surface area contributed by atoms with Gasteiger partial charge in [0.05, 0.1) is 29.9 Å². The molecule has 2 aromatic rings. The fourth-order valence-electron chi connectivity index (χ4n) is 5.14. The number of methoxy groups -OCH3 is 1. The summed E-state index contributed by atoms with van der Waals surface area (Å²) in [7, 11) is 1.65. The highest BCUT2D eigenvalue weighted by atomic mass is 32.2. The number of anilines is 1. The number of aliphatic carboxylic acids is 1. The number of thiazole rings is 1. The van der Waals surface area contributed by atoms with Crippen LogP contribution >= 0.6 is 23.1 Å². The number of benzene rings is 1. The van der Waals surface area contributed by atoms with Gasteiger partial charge in [-0.05, 0) is 68.7 Å². The Morgan fingerprint density at radius 1 is 1.06 bits per heavy atom. The van der Waals surface area contributed by atoms with Gasteiger partial charge in [-0.15, -0.1) is 11.8 Å². The number of hydrogen-bond donors (Lipinski definition) is 2. The van der Waals surface area contributed by atoms with Gasteiger partial charge in [0.2, 0.25) is 0 Å². The molecule has 4 rings (SSSR count). The molecule has 0 atom stereocenters. The summed E-state index contributed by atoms with van der Waals surface area (Å²) < 4.78 is 12.0. The maximum atomic E-state index is 13.5. The van der Waals surface area contributed by atoms with Crippen molar-refractivity contribution in [2.24, 2.45) is 5.92 Å². The van der Waals surface area contributed by atoms with Crippen LogP contribution in [-0.4, -0.2) is 58.5 Å². The van der Waals surface area contributed by atoms with Crippen molar-refractivity contribution in [3.05, 3.63) is 30.5 Å². The monoisotopic (exact) mass is 533 g/mol. The van der Waals surface area contributed by atoms with Crippen molar-refractivity contribution < 1.29 is 24.2 Å². The molecule has 2 fully saturated rings. The van der Waals surface area contributed by atoms with E-state index < -0.39 is 5.97 Å². The van der Waals surface area contributed by atoms with Crippen LogP contribution in [0.2, 0.25) is 0 Å². The molecule has 0 saturated heterocycles. The summed E-state index contributed by atoms with van der Waals surface area (Å²) in [4.78, 5) is 30.7. The SMILES string of the molecule is COc1ccc(OCC2CCC(N(C(=O)Nc3ncc(SCC(=O)O)s3)C3CCCCC3)CC2)cc1. The second kappa shape index (κ2) is 13.2. The van der Waals surface area contributed by atoms with Crippen molar-refractivity contribution in [3.8, 4) is 11.5 Å². The van der Waals surface area contributed by atoms with Gasteiger partial charge in [0.25, 0.3) is 0 Å². The summed E-state index contributed by atoms with van der Waals surface area (Å²) in [5, 5.41) is 12.4. The van der Waals surface area contributed by atoms with Crippen LogP contribution in [0.25, 0.3) is 0 Å². The van der Waals surface area contributed by atoms with Gasteiger partial charge in [-0.2, -0.15) is 0 Å². The van der Waals surface area contributed by atoms with Crippen LogP contribution in [0, 0.1) is 5.92 Å². The van der Waals surface area contributed by atoms with E-state index in [-0.39, 0.29) is 23.9 Å². The van der Waals surface area contributed by atoms with Crippen molar-refractivity contribution in [2.45, 2.75) is 74.1 Å². The first kappa shape index (κ1) is 26.6. The maximum Gasteiger partial charge on any atom is 0.324 e. The number of carboxylic acid groups (broad SMARTS) is 1. The van der Waals surface area contributed by atoms with E-state index >= 15 is 0 Å². The fourth-order valence-corrected chi connectivity index (χ4v) is 6.72. The number of hydrogen-bond acceptors (Lipinski definition) is 7. The Morgan fingerprint density at radius 2 is 1.72 bits per heavy atom. The Balaban J connectivity index is 1.33. The second-order valence-corrected chi connectivity index (χ2v) is 11.8. The van der Waals surface area contributed by atoms with Gasteiger partial charge in [-0.1, -0.05) is 30.6 Å². The first-order valence-corrected chi connectivity index (χ1v) is 14.5. The number of nitrogens with one attached hydrogen (secondary N) is 1. The Hall–Kier alpha value is -2.46. The van der Waals surface area contributed by atoms with Crippen LogP contribution < -0.4 is 14.8 Å². The third-order valence-electron chi connectivity index (χ3n) is 6.99. The van der Waals surface area contributed by atoms with E-state index in [0.29, 0.717) is 17.7 Å². The zero-order valence-corrected chi connectivity index (χ0v) is 22.3. The van der Waals surface area contributed by atoms with Crippen LogP contribution in [0.15, 0.2) is 34.7 Å². The highest BCUT2D eigenvalue weighted by molar-refractivity contribution is 8.01. The minimum Gasteiger partial charge on any atom is -0.497 e. The van der Waals surface area contributed by atoms with Crippen molar-refractivity contribution in [1.29, 1.82) is 0 Å². The summed E-state index contributed by atoms with van der Waals surface area (Å²) in [5.41, 5.74) is 0. The molecule has 0 spiro atoms. The van der Waals surface area contributed by atoms with Crippen LogP contribution in [0.4, 0.5) is 9.93 Å². The van der Waals surface area contributed by atoms with Gasteiger partial charge >= 0.3 is 12.0 Å². The number of thioether (sulfide) groups is 1. The predicted molar refractivity (Wildman–Crippen MR) is 142 cm³/mol. The predicted octanol–water partition coefficient (Wildman–Crippen LogP) is 6.13. The molecule has 2 aliphatic rings. The van der Waals surface area contributed by atoms with Gasteiger partial charge in [-0.25, -0.2) is 9.78 Å². The zero-order valence-electron chi connectivity index (χ0n) is 20.7. The first-order valence-electron chi connectivity index (χ1n) is 12.7. The molecule has 2 aliphatic carbocycles. The quantitative estimate of drug-likeness (QED) is 0.354. The van der Waals surface area contributed by atoms with Gasteiger partial charge in [0.15, 0.2) is 5.13 Å². The second-order valence-electron chi connectivity index (χ2n) is 9.46. The Labute approximate surface area is 220 Å². The first-order chi connectivity index (χ1) is 17.5. The highest BCUT2D eigenvalue weighted by Gasteiger charge is 2.34. The number of carbonyl (C=O) groups is 2. The number of urea groups is 1. The van der Waals surface area contributed by atoms with E-state index in [1.165, 1.54) is 29.5 Å². The summed E-state index contributed by atoms with van der Waals surface area (Å²) in [6.07, 6.45) is 11.3. The molecule has 1 heterocycles. The lowest BCUT2D eigenvalue weighted by Gasteiger charge is -2.42. The molecule has 0 unspecified atom stereocenters. The minimum atomic E-state index is -0.868. The third-order valence-corrected chi connectivity index (χ3v) is 9.09. The van der Waals surface area contributed by atoms with Crippen LogP contribution in [0.3, 0.4) is 0 Å². The average Bonchev–Trinajstić information content (AvgIpc) is 3.35. The normalized spacial score (nSPS) is 20.5. The van der Waals surface area contributed by atoms with E-state index in [2.05, 4.69) is 15.2 Å². The molecule has 0 aliphatic heterocycles. The van der Waals surface area contributed by atoms with E-state index in [0.717, 1.165) is 67.1 Å². The van der Waals surface area contributed by atoms with Crippen molar-refractivity contribution in [2.75, 3.05) is 24.8 Å². The summed E-state index contributed by atoms with van der Waals surface area (Å²) in [6, 6.07) is 8.08. The minimum absolute atomic E-state index is 0.0187. The molecule has 2 N–H and O–H groups in total. The summed E-state index contributed by atoms with van der Waals surface area (Å²) in [5.74, 6) is 1.26. The number of ether oxygens (including phenoxy) is 2. The average molecular weight is 534 g/mol. The molecule has 1 aromatic heterocycles. The zero-order chi connectivity index (χ0) is 25.3. The fraction of sp³-hybridized carbons (Fsp3) is 0.577. The van der Waals surface area contributed by atoms with Crippen LogP contribution in [0.1, 0.15) is 57.8 Å². The summed E-state index contributed by atoms with van der Waals surface area (Å²) >= 11 is 2.55. The molecule has 2 saturated carbocycles. The van der Waals surface area contributed by atoms with E-state index in [1.54, 1.807) is 13.3 Å². The summed E-state index contributed by atoms with van der Waals surface area (Å²) in [6.45, 7) is 0.685. The number of rotatable bonds is 10. The molecule has 0 radical (unpaired) electrons. The smallest absolute Gasteiger partial charge is 0.324 e. The molecular formula is C26H35N3O5S2. The highest BCUT2D eigenvalue weighted by Crippen LogP contribution is 2.34. The molecule has 1 aromatic carbocycles. The lowest BCUT2D eigenvalue weighted by molar-refractivity contribution is -0.133. The van der Waals surface area contributed by atoms with Gasteiger partial charge in [0.1, 0.15) is 11.5 Å². The van der Waals surface area contributed by atoms with Gasteiger partial charge < -0.3 is 19.5 Å². The Kier molecular flexibility index (Phi) is 9.75. The van der Waals surface area contributed by atoms with Crippen molar-refractivity contribution in [1.82, 2.24) is 9.88 Å². The van der Waals surface area contributed by atoms with E-state index in [9.17, 15) is 9.59 Å². The topological polar surface area (TPSA) is 101 Å².